The lowest BCUT2D eigenvalue weighted by molar-refractivity contribution is 0.191. The van der Waals surface area contributed by atoms with Crippen molar-refractivity contribution in [3.8, 4) is 11.8 Å². The second kappa shape index (κ2) is 10.2. The van der Waals surface area contributed by atoms with Crippen molar-refractivity contribution in [3.05, 3.63) is 88.2 Å². The largest absolute Gasteiger partial charge is 0.480 e. The number of nitrogens with zero attached hydrogens (tertiary/aromatic N) is 4. The number of ether oxygens (including phenoxy) is 1. The van der Waals surface area contributed by atoms with Gasteiger partial charge in [-0.3, -0.25) is 4.90 Å². The fraction of sp³-hybridized carbons (Fsp3) is 0.400. The second-order valence-electron chi connectivity index (χ2n) is 10.8. The first-order chi connectivity index (χ1) is 18.4. The van der Waals surface area contributed by atoms with Crippen LogP contribution in [0.5, 0.6) is 5.75 Å². The minimum Gasteiger partial charge on any atom is -0.480 e. The number of imidazole rings is 1. The van der Waals surface area contributed by atoms with E-state index < -0.39 is 17.7 Å². The Kier molecular flexibility index (Phi) is 6.71. The Morgan fingerprint density at radius 2 is 1.95 bits per heavy atom. The smallest absolute Gasteiger partial charge is 0.148 e. The third-order valence-electron chi connectivity index (χ3n) is 8.23. The summed E-state index contributed by atoms with van der Waals surface area (Å²) in [6.45, 7) is 3.39. The van der Waals surface area contributed by atoms with Crippen molar-refractivity contribution in [1.82, 2.24) is 14.5 Å². The molecule has 3 aromatic rings. The van der Waals surface area contributed by atoms with Gasteiger partial charge in [0.1, 0.15) is 29.3 Å². The average molecular weight is 535 g/mol. The number of fused-ring (bicyclic) bond motifs is 1. The van der Waals surface area contributed by atoms with Crippen LogP contribution in [-0.4, -0.2) is 27.5 Å². The third-order valence-corrected chi connectivity index (χ3v) is 8.46. The molecule has 1 saturated carbocycles. The van der Waals surface area contributed by atoms with E-state index in [1.165, 1.54) is 12.1 Å². The highest BCUT2D eigenvalue weighted by Gasteiger charge is 2.43. The minimum absolute atomic E-state index is 0.125. The van der Waals surface area contributed by atoms with Crippen LogP contribution < -0.4 is 4.74 Å². The van der Waals surface area contributed by atoms with Gasteiger partial charge in [0.25, 0.3) is 0 Å². The van der Waals surface area contributed by atoms with Gasteiger partial charge in [0, 0.05) is 41.4 Å². The van der Waals surface area contributed by atoms with E-state index in [9.17, 15) is 4.39 Å². The summed E-state index contributed by atoms with van der Waals surface area (Å²) in [4.78, 5) is 7.01. The molecule has 2 aromatic carbocycles. The number of aromatic nitrogens is 2. The third kappa shape index (κ3) is 4.95. The van der Waals surface area contributed by atoms with Crippen LogP contribution in [0.1, 0.15) is 66.6 Å². The highest BCUT2D eigenvalue weighted by Crippen LogP contribution is 2.50. The molecule has 1 atom stereocenters. The van der Waals surface area contributed by atoms with E-state index in [0.717, 1.165) is 63.3 Å². The fourth-order valence-corrected chi connectivity index (χ4v) is 5.96. The lowest BCUT2D eigenvalue weighted by atomic mass is 9.86. The number of para-hydroxylation sites is 1. The van der Waals surface area contributed by atoms with Gasteiger partial charge < -0.3 is 9.30 Å². The summed E-state index contributed by atoms with van der Waals surface area (Å²) in [5.74, 6) is 0.843. The van der Waals surface area contributed by atoms with Crippen molar-refractivity contribution in [1.29, 1.82) is 5.26 Å². The van der Waals surface area contributed by atoms with Crippen molar-refractivity contribution in [2.45, 2.75) is 57.2 Å². The van der Waals surface area contributed by atoms with Crippen LogP contribution in [0.2, 0.25) is 5.02 Å². The van der Waals surface area contributed by atoms with Gasteiger partial charge in [0.2, 0.25) is 0 Å². The number of halogens is 3. The maximum absolute atomic E-state index is 15.1. The molecule has 2 fully saturated rings. The van der Waals surface area contributed by atoms with Crippen LogP contribution in [0.4, 0.5) is 8.78 Å². The zero-order valence-electron chi connectivity index (χ0n) is 21.0. The van der Waals surface area contributed by atoms with E-state index in [2.05, 4.69) is 20.5 Å². The Morgan fingerprint density at radius 1 is 1.13 bits per heavy atom. The highest BCUT2D eigenvalue weighted by atomic mass is 35.5. The first-order valence-electron chi connectivity index (χ1n) is 13.2. The molecule has 1 saturated heterocycles. The molecule has 1 aromatic heterocycles. The maximum atomic E-state index is 15.1. The van der Waals surface area contributed by atoms with Crippen LogP contribution in [0.25, 0.3) is 5.83 Å². The van der Waals surface area contributed by atoms with Crippen molar-refractivity contribution in [3.63, 3.8) is 0 Å². The van der Waals surface area contributed by atoms with Crippen molar-refractivity contribution in [2.75, 3.05) is 13.1 Å². The quantitative estimate of drug-likeness (QED) is 0.322. The zero-order chi connectivity index (χ0) is 26.3. The molecule has 6 rings (SSSR count). The standard InChI is InChI=1S/C30H29ClF2N4O/c31-21-4-5-23(25(32)16-21)27-17-26(33)24-3-1-2-22(29(24)38-27)20-6-13-36(14-7-20)18-28-35-12-15-37(28)19-30(8-9-30)10-11-34/h1-5,12,15-17,20,27H,6-10,13-14,18-19H2/t27-/m0/s1. The lowest BCUT2D eigenvalue weighted by Gasteiger charge is -2.34. The molecule has 196 valence electrons. The Balaban J connectivity index is 1.14. The Bertz CT molecular complexity index is 1420. The van der Waals surface area contributed by atoms with E-state index >= 15 is 4.39 Å². The molecule has 8 heteroatoms. The molecule has 5 nitrogen and oxygen atoms in total. The number of nitriles is 1. The van der Waals surface area contributed by atoms with Crippen LogP contribution >= 0.6 is 11.6 Å². The molecule has 38 heavy (non-hydrogen) atoms. The molecule has 0 radical (unpaired) electrons. The first kappa shape index (κ1) is 25.1. The Morgan fingerprint density at radius 3 is 2.68 bits per heavy atom. The molecular formula is C30H29ClF2N4O. The van der Waals surface area contributed by atoms with E-state index in [0.29, 0.717) is 17.7 Å². The molecule has 0 N–H and O–H groups in total. The predicted octanol–water partition coefficient (Wildman–Crippen LogP) is 7.19. The molecule has 0 bridgehead atoms. The summed E-state index contributed by atoms with van der Waals surface area (Å²) >= 11 is 5.91. The van der Waals surface area contributed by atoms with E-state index in [4.69, 9.17) is 21.6 Å². The molecule has 0 unspecified atom stereocenters. The van der Waals surface area contributed by atoms with Crippen molar-refractivity contribution in [2.24, 2.45) is 5.41 Å². The van der Waals surface area contributed by atoms with Gasteiger partial charge in [0.05, 0.1) is 18.2 Å². The van der Waals surface area contributed by atoms with Gasteiger partial charge in [-0.25, -0.2) is 13.8 Å². The van der Waals surface area contributed by atoms with E-state index in [-0.39, 0.29) is 21.9 Å². The first-order valence-corrected chi connectivity index (χ1v) is 13.5. The normalized spacial score (nSPS) is 20.8. The number of likely N-dealkylation sites (tertiary alicyclic amines) is 1. The molecule has 3 aliphatic rings. The van der Waals surface area contributed by atoms with Gasteiger partial charge in [-0.2, -0.15) is 5.26 Å². The Labute approximate surface area is 226 Å². The van der Waals surface area contributed by atoms with Gasteiger partial charge in [-0.1, -0.05) is 29.8 Å². The van der Waals surface area contributed by atoms with Crippen molar-refractivity contribution < 1.29 is 13.5 Å². The number of hydrogen-bond donors (Lipinski definition) is 0. The summed E-state index contributed by atoms with van der Waals surface area (Å²) in [5.41, 5.74) is 1.78. The summed E-state index contributed by atoms with van der Waals surface area (Å²) in [5, 5.41) is 9.45. The van der Waals surface area contributed by atoms with Crippen LogP contribution in [0, 0.1) is 22.6 Å². The summed E-state index contributed by atoms with van der Waals surface area (Å²) in [6, 6.07) is 12.3. The summed E-state index contributed by atoms with van der Waals surface area (Å²) < 4.78 is 38.2. The van der Waals surface area contributed by atoms with Crippen molar-refractivity contribution >= 4 is 17.4 Å². The van der Waals surface area contributed by atoms with Gasteiger partial charge in [0.15, 0.2) is 0 Å². The molecule has 0 spiro atoms. The molecular weight excluding hydrogens is 506 g/mol. The number of rotatable bonds is 7. The molecule has 1 aliphatic carbocycles. The topological polar surface area (TPSA) is 54.1 Å². The average Bonchev–Trinajstić information content (AvgIpc) is 3.53. The summed E-state index contributed by atoms with van der Waals surface area (Å²) in [7, 11) is 0. The van der Waals surface area contributed by atoms with Gasteiger partial charge in [-0.15, -0.1) is 0 Å². The van der Waals surface area contributed by atoms with Crippen LogP contribution in [0.15, 0.2) is 54.9 Å². The molecule has 0 amide bonds. The number of hydrogen-bond acceptors (Lipinski definition) is 4. The highest BCUT2D eigenvalue weighted by molar-refractivity contribution is 6.30. The van der Waals surface area contributed by atoms with E-state index in [1.807, 2.05) is 24.5 Å². The molecule has 2 aliphatic heterocycles. The predicted molar refractivity (Wildman–Crippen MR) is 142 cm³/mol. The van der Waals surface area contributed by atoms with E-state index in [1.54, 1.807) is 18.2 Å². The fourth-order valence-electron chi connectivity index (χ4n) is 5.80. The second-order valence-corrected chi connectivity index (χ2v) is 11.2. The minimum atomic E-state index is -0.851. The monoisotopic (exact) mass is 534 g/mol. The molecule has 3 heterocycles. The van der Waals surface area contributed by atoms with Gasteiger partial charge in [-0.05, 0) is 74.5 Å². The SMILES string of the molecule is N#CCC1(Cn2ccnc2CN2CCC(c3cccc4c3O[C@H](c3ccc(Cl)cc3F)C=C4F)CC2)CC1. The van der Waals surface area contributed by atoms with Crippen LogP contribution in [-0.2, 0) is 13.1 Å². The number of piperidine rings is 1. The lowest BCUT2D eigenvalue weighted by Crippen LogP contribution is -2.34. The van der Waals surface area contributed by atoms with Gasteiger partial charge >= 0.3 is 0 Å². The maximum Gasteiger partial charge on any atom is 0.148 e. The summed E-state index contributed by atoms with van der Waals surface area (Å²) in [6.07, 6.45) is 8.97. The zero-order valence-corrected chi connectivity index (χ0v) is 21.8. The number of benzene rings is 2. The van der Waals surface area contributed by atoms with Crippen LogP contribution in [0.3, 0.4) is 0 Å². The Hall–Kier alpha value is -3.21.